The molecule has 3 rings (SSSR count). The SMILES string of the molecule is I.NC(=NCC1(CO)CC1)Nc1ccc2c(c1)CCC2. The number of halogens is 1. The Morgan fingerprint density at radius 1 is 1.30 bits per heavy atom. The second-order valence-electron chi connectivity index (χ2n) is 5.82. The van der Waals surface area contributed by atoms with E-state index in [0.717, 1.165) is 24.9 Å². The van der Waals surface area contributed by atoms with Gasteiger partial charge in [0.15, 0.2) is 5.96 Å². The van der Waals surface area contributed by atoms with Gasteiger partial charge in [0.2, 0.25) is 0 Å². The fourth-order valence-corrected chi connectivity index (χ4v) is 2.63. The van der Waals surface area contributed by atoms with Crippen LogP contribution in [-0.2, 0) is 12.8 Å². The number of nitrogens with one attached hydrogen (secondary N) is 1. The van der Waals surface area contributed by atoms with Crippen molar-refractivity contribution in [2.24, 2.45) is 16.1 Å². The van der Waals surface area contributed by atoms with Crippen molar-refractivity contribution < 1.29 is 5.11 Å². The van der Waals surface area contributed by atoms with Crippen molar-refractivity contribution in [3.05, 3.63) is 29.3 Å². The topological polar surface area (TPSA) is 70.6 Å². The molecular formula is C15H22IN3O. The van der Waals surface area contributed by atoms with Gasteiger partial charge in [-0.2, -0.15) is 0 Å². The maximum atomic E-state index is 9.23. The fourth-order valence-electron chi connectivity index (χ4n) is 2.63. The highest BCUT2D eigenvalue weighted by atomic mass is 127. The Morgan fingerprint density at radius 3 is 2.75 bits per heavy atom. The van der Waals surface area contributed by atoms with Crippen LogP contribution in [0, 0.1) is 5.41 Å². The smallest absolute Gasteiger partial charge is 0.193 e. The number of nitrogens with zero attached hydrogens (tertiary/aromatic N) is 1. The summed E-state index contributed by atoms with van der Waals surface area (Å²) in [4.78, 5) is 4.34. The van der Waals surface area contributed by atoms with Crippen LogP contribution in [0.15, 0.2) is 23.2 Å². The zero-order chi connectivity index (χ0) is 13.3. The van der Waals surface area contributed by atoms with Crippen LogP contribution in [-0.4, -0.2) is 24.2 Å². The molecule has 0 aliphatic heterocycles. The number of aliphatic hydroxyl groups excluding tert-OH is 1. The average molecular weight is 387 g/mol. The molecule has 0 bridgehead atoms. The molecule has 1 aromatic carbocycles. The lowest BCUT2D eigenvalue weighted by atomic mass is 10.1. The molecule has 0 saturated heterocycles. The van der Waals surface area contributed by atoms with Gasteiger partial charge in [0.25, 0.3) is 0 Å². The lowest BCUT2D eigenvalue weighted by molar-refractivity contribution is 0.217. The van der Waals surface area contributed by atoms with Crippen LogP contribution in [0.5, 0.6) is 0 Å². The Bertz CT molecular complexity index is 512. The standard InChI is InChI=1S/C15H21N3O.HI/c16-14(17-9-15(10-19)6-7-15)18-13-5-4-11-2-1-3-12(11)8-13;/h4-5,8,19H,1-3,6-7,9-10H2,(H3,16,17,18);1H. The van der Waals surface area contributed by atoms with Crippen LogP contribution in [0.1, 0.15) is 30.4 Å². The van der Waals surface area contributed by atoms with Crippen LogP contribution in [0.2, 0.25) is 0 Å². The number of aryl methyl sites for hydroxylation is 2. The van der Waals surface area contributed by atoms with Crippen molar-refractivity contribution in [3.63, 3.8) is 0 Å². The highest BCUT2D eigenvalue weighted by Gasteiger charge is 2.41. The number of nitrogens with two attached hydrogens (primary N) is 1. The van der Waals surface area contributed by atoms with Gasteiger partial charge in [-0.05, 0) is 55.4 Å². The molecule has 0 radical (unpaired) electrons. The Labute approximate surface area is 136 Å². The minimum atomic E-state index is 0. The van der Waals surface area contributed by atoms with Gasteiger partial charge in [-0.1, -0.05) is 6.07 Å². The Morgan fingerprint density at radius 2 is 2.05 bits per heavy atom. The molecule has 0 spiro atoms. The second kappa shape index (κ2) is 6.30. The minimum Gasteiger partial charge on any atom is -0.396 e. The van der Waals surface area contributed by atoms with Crippen LogP contribution < -0.4 is 11.1 Å². The number of anilines is 1. The molecule has 1 aromatic rings. The lowest BCUT2D eigenvalue weighted by Gasteiger charge is -2.10. The van der Waals surface area contributed by atoms with Gasteiger partial charge >= 0.3 is 0 Å². The molecule has 4 nitrogen and oxygen atoms in total. The molecule has 2 aliphatic rings. The van der Waals surface area contributed by atoms with Crippen molar-refractivity contribution in [2.45, 2.75) is 32.1 Å². The van der Waals surface area contributed by atoms with E-state index in [2.05, 4.69) is 28.5 Å². The first-order chi connectivity index (χ1) is 9.21. The summed E-state index contributed by atoms with van der Waals surface area (Å²) in [7, 11) is 0. The highest BCUT2D eigenvalue weighted by Crippen LogP contribution is 2.45. The number of hydrogen-bond acceptors (Lipinski definition) is 2. The maximum Gasteiger partial charge on any atom is 0.193 e. The lowest BCUT2D eigenvalue weighted by Crippen LogP contribution is -2.24. The van der Waals surface area contributed by atoms with E-state index in [0.29, 0.717) is 12.5 Å². The number of aliphatic imine (C=N–C) groups is 1. The molecule has 20 heavy (non-hydrogen) atoms. The molecule has 1 fully saturated rings. The van der Waals surface area contributed by atoms with Crippen molar-refractivity contribution >= 4 is 35.6 Å². The molecule has 0 amide bonds. The summed E-state index contributed by atoms with van der Waals surface area (Å²) < 4.78 is 0. The molecule has 0 heterocycles. The summed E-state index contributed by atoms with van der Waals surface area (Å²) in [5, 5.41) is 12.4. The number of aliphatic hydroxyl groups is 1. The largest absolute Gasteiger partial charge is 0.396 e. The van der Waals surface area contributed by atoms with Crippen LogP contribution in [0.3, 0.4) is 0 Å². The third-order valence-corrected chi connectivity index (χ3v) is 4.25. The van der Waals surface area contributed by atoms with Crippen molar-refractivity contribution in [1.82, 2.24) is 0 Å². The Balaban J connectivity index is 0.00000147. The van der Waals surface area contributed by atoms with E-state index in [1.165, 1.54) is 24.0 Å². The van der Waals surface area contributed by atoms with Gasteiger partial charge in [0.05, 0.1) is 13.2 Å². The molecule has 4 N–H and O–H groups in total. The van der Waals surface area contributed by atoms with E-state index in [1.54, 1.807) is 0 Å². The predicted octanol–water partition coefficient (Wildman–Crippen LogP) is 2.29. The Kier molecular flexibility index (Phi) is 4.90. The summed E-state index contributed by atoms with van der Waals surface area (Å²) in [6.07, 6.45) is 5.72. The molecule has 5 heteroatoms. The first kappa shape index (κ1) is 15.6. The molecule has 110 valence electrons. The van der Waals surface area contributed by atoms with E-state index in [4.69, 9.17) is 5.73 Å². The van der Waals surface area contributed by atoms with E-state index in [-0.39, 0.29) is 36.0 Å². The Hall–Kier alpha value is -0.820. The molecule has 2 aliphatic carbocycles. The van der Waals surface area contributed by atoms with Crippen molar-refractivity contribution in [1.29, 1.82) is 0 Å². The molecular weight excluding hydrogens is 365 g/mol. The molecule has 0 aromatic heterocycles. The molecule has 0 unspecified atom stereocenters. The van der Waals surface area contributed by atoms with Gasteiger partial charge in [0, 0.05) is 11.1 Å². The van der Waals surface area contributed by atoms with E-state index in [9.17, 15) is 5.11 Å². The zero-order valence-corrected chi connectivity index (χ0v) is 13.9. The minimum absolute atomic E-state index is 0. The average Bonchev–Trinajstić information content (AvgIpc) is 3.06. The van der Waals surface area contributed by atoms with Gasteiger partial charge in [0.1, 0.15) is 0 Å². The van der Waals surface area contributed by atoms with E-state index in [1.807, 2.05) is 0 Å². The quantitative estimate of drug-likeness (QED) is 0.422. The number of fused-ring (bicyclic) bond motifs is 1. The predicted molar refractivity (Wildman–Crippen MR) is 92.7 cm³/mol. The van der Waals surface area contributed by atoms with E-state index < -0.39 is 0 Å². The second-order valence-corrected chi connectivity index (χ2v) is 5.82. The molecule has 1 saturated carbocycles. The van der Waals surface area contributed by atoms with Gasteiger partial charge in [-0.3, -0.25) is 4.99 Å². The van der Waals surface area contributed by atoms with Crippen molar-refractivity contribution in [2.75, 3.05) is 18.5 Å². The number of rotatable bonds is 4. The summed E-state index contributed by atoms with van der Waals surface area (Å²) in [6.45, 7) is 0.829. The van der Waals surface area contributed by atoms with Gasteiger partial charge < -0.3 is 16.2 Å². The number of hydrogen-bond donors (Lipinski definition) is 3. The van der Waals surface area contributed by atoms with Crippen LogP contribution >= 0.6 is 24.0 Å². The normalized spacial score (nSPS) is 19.1. The monoisotopic (exact) mass is 387 g/mol. The maximum absolute atomic E-state index is 9.23. The highest BCUT2D eigenvalue weighted by molar-refractivity contribution is 14.0. The number of guanidine groups is 1. The zero-order valence-electron chi connectivity index (χ0n) is 11.6. The summed E-state index contributed by atoms with van der Waals surface area (Å²) in [5.74, 6) is 0.442. The third-order valence-electron chi connectivity index (χ3n) is 4.25. The van der Waals surface area contributed by atoms with E-state index >= 15 is 0 Å². The van der Waals surface area contributed by atoms with Gasteiger partial charge in [-0.15, -0.1) is 24.0 Å². The van der Waals surface area contributed by atoms with Crippen LogP contribution in [0.25, 0.3) is 0 Å². The molecule has 0 atom stereocenters. The van der Waals surface area contributed by atoms with Crippen LogP contribution in [0.4, 0.5) is 5.69 Å². The fraction of sp³-hybridized carbons (Fsp3) is 0.533. The summed E-state index contributed by atoms with van der Waals surface area (Å²) >= 11 is 0. The summed E-state index contributed by atoms with van der Waals surface area (Å²) in [6, 6.07) is 6.41. The number of benzene rings is 1. The first-order valence-corrected chi connectivity index (χ1v) is 7.00. The van der Waals surface area contributed by atoms with Gasteiger partial charge in [-0.25, -0.2) is 0 Å². The third kappa shape index (κ3) is 3.44. The summed E-state index contributed by atoms with van der Waals surface area (Å²) in [5.41, 5.74) is 9.81. The van der Waals surface area contributed by atoms with Crippen molar-refractivity contribution in [3.8, 4) is 0 Å². The first-order valence-electron chi connectivity index (χ1n) is 7.00.